The van der Waals surface area contributed by atoms with Crippen LogP contribution in [0.15, 0.2) is 29.0 Å². The second kappa shape index (κ2) is 5.84. The molecule has 6 nitrogen and oxygen atoms in total. The molecule has 2 aromatic heterocycles. The molecule has 0 saturated carbocycles. The number of anilines is 1. The van der Waals surface area contributed by atoms with E-state index in [1.54, 1.807) is 23.0 Å². The van der Waals surface area contributed by atoms with Crippen LogP contribution < -0.4 is 5.32 Å². The maximum Gasteiger partial charge on any atom is 0.276 e. The highest BCUT2D eigenvalue weighted by atomic mass is 79.9. The molecule has 1 amide bonds. The Hall–Kier alpha value is -2.20. The van der Waals surface area contributed by atoms with E-state index in [0.29, 0.717) is 10.0 Å². The first-order valence-corrected chi connectivity index (χ1v) is 6.73. The molecule has 0 saturated heterocycles. The standard InChI is InChI=1S/C13H12BrN5O/c1-8(2)19-7-9(6-15)12(18-19)17-13(20)11-10(14)4-3-5-16-11/h3-5,7-8H,1-2H3,(H,17,18,20). The molecule has 2 heterocycles. The normalized spacial score (nSPS) is 10.3. The molecule has 2 rings (SSSR count). The van der Waals surface area contributed by atoms with E-state index in [-0.39, 0.29) is 17.6 Å². The van der Waals surface area contributed by atoms with Crippen LogP contribution >= 0.6 is 15.9 Å². The van der Waals surface area contributed by atoms with Crippen molar-refractivity contribution in [3.63, 3.8) is 0 Å². The van der Waals surface area contributed by atoms with Crippen molar-refractivity contribution in [1.82, 2.24) is 14.8 Å². The largest absolute Gasteiger partial charge is 0.303 e. The van der Waals surface area contributed by atoms with Crippen LogP contribution in [0.25, 0.3) is 0 Å². The monoisotopic (exact) mass is 333 g/mol. The SMILES string of the molecule is CC(C)n1cc(C#N)c(NC(=O)c2ncccc2Br)n1. The Morgan fingerprint density at radius 3 is 2.90 bits per heavy atom. The van der Waals surface area contributed by atoms with Crippen molar-refractivity contribution in [2.45, 2.75) is 19.9 Å². The average Bonchev–Trinajstić information content (AvgIpc) is 2.82. The highest BCUT2D eigenvalue weighted by molar-refractivity contribution is 9.10. The zero-order chi connectivity index (χ0) is 14.7. The van der Waals surface area contributed by atoms with Crippen molar-refractivity contribution in [3.8, 4) is 6.07 Å². The van der Waals surface area contributed by atoms with Gasteiger partial charge in [0, 0.05) is 22.9 Å². The molecule has 20 heavy (non-hydrogen) atoms. The van der Waals surface area contributed by atoms with Gasteiger partial charge < -0.3 is 5.32 Å². The molecule has 102 valence electrons. The van der Waals surface area contributed by atoms with Crippen LogP contribution in [0.2, 0.25) is 0 Å². The lowest BCUT2D eigenvalue weighted by Crippen LogP contribution is -2.15. The number of amides is 1. The van der Waals surface area contributed by atoms with Gasteiger partial charge in [0.05, 0.1) is 0 Å². The Kier molecular flexibility index (Phi) is 4.15. The van der Waals surface area contributed by atoms with Crippen LogP contribution in [0.3, 0.4) is 0 Å². The zero-order valence-corrected chi connectivity index (χ0v) is 12.5. The van der Waals surface area contributed by atoms with E-state index in [1.165, 1.54) is 6.20 Å². The fraction of sp³-hybridized carbons (Fsp3) is 0.231. The topological polar surface area (TPSA) is 83.6 Å². The minimum atomic E-state index is -0.414. The minimum Gasteiger partial charge on any atom is -0.303 e. The van der Waals surface area contributed by atoms with Gasteiger partial charge in [-0.1, -0.05) is 0 Å². The summed E-state index contributed by atoms with van der Waals surface area (Å²) in [6.07, 6.45) is 3.13. The zero-order valence-electron chi connectivity index (χ0n) is 11.0. The van der Waals surface area contributed by atoms with Gasteiger partial charge in [-0.3, -0.25) is 9.48 Å². The maximum absolute atomic E-state index is 12.1. The molecule has 0 aliphatic rings. The number of rotatable bonds is 3. The Bertz CT molecular complexity index is 686. The van der Waals surface area contributed by atoms with Crippen molar-refractivity contribution in [2.24, 2.45) is 0 Å². The highest BCUT2D eigenvalue weighted by Crippen LogP contribution is 2.18. The summed E-state index contributed by atoms with van der Waals surface area (Å²) < 4.78 is 2.21. The van der Waals surface area contributed by atoms with E-state index < -0.39 is 5.91 Å². The maximum atomic E-state index is 12.1. The first-order valence-electron chi connectivity index (χ1n) is 5.94. The van der Waals surface area contributed by atoms with Crippen molar-refractivity contribution in [3.05, 3.63) is 40.3 Å². The number of nitrogens with one attached hydrogen (secondary N) is 1. The summed E-state index contributed by atoms with van der Waals surface area (Å²) in [5, 5.41) is 15.9. The average molecular weight is 334 g/mol. The van der Waals surface area contributed by atoms with Gasteiger partial charge in [-0.2, -0.15) is 10.4 Å². The first-order chi connectivity index (χ1) is 9.52. The lowest BCUT2D eigenvalue weighted by molar-refractivity contribution is 0.102. The van der Waals surface area contributed by atoms with E-state index in [4.69, 9.17) is 5.26 Å². The van der Waals surface area contributed by atoms with Gasteiger partial charge in [0.2, 0.25) is 0 Å². The Labute approximate surface area is 124 Å². The predicted molar refractivity (Wildman–Crippen MR) is 77.2 cm³/mol. The van der Waals surface area contributed by atoms with Crippen LogP contribution in [0.4, 0.5) is 5.82 Å². The molecule has 0 aromatic carbocycles. The van der Waals surface area contributed by atoms with Crippen LogP contribution in [-0.2, 0) is 0 Å². The van der Waals surface area contributed by atoms with Gasteiger partial charge in [0.15, 0.2) is 5.82 Å². The predicted octanol–water partition coefficient (Wildman–Crippen LogP) is 2.75. The van der Waals surface area contributed by atoms with Gasteiger partial charge in [-0.15, -0.1) is 0 Å². The van der Waals surface area contributed by atoms with Crippen molar-refractivity contribution < 1.29 is 4.79 Å². The van der Waals surface area contributed by atoms with Crippen LogP contribution in [0.5, 0.6) is 0 Å². The number of nitriles is 1. The quantitative estimate of drug-likeness (QED) is 0.935. The summed E-state index contributed by atoms with van der Waals surface area (Å²) in [4.78, 5) is 16.1. The molecule has 0 fully saturated rings. The molecule has 0 aliphatic carbocycles. The number of aromatic nitrogens is 3. The third-order valence-electron chi connectivity index (χ3n) is 2.59. The van der Waals surface area contributed by atoms with E-state index in [0.717, 1.165) is 0 Å². The van der Waals surface area contributed by atoms with Gasteiger partial charge in [-0.05, 0) is 41.9 Å². The van der Waals surface area contributed by atoms with Crippen molar-refractivity contribution in [1.29, 1.82) is 5.26 Å². The van der Waals surface area contributed by atoms with Crippen molar-refractivity contribution in [2.75, 3.05) is 5.32 Å². The number of carbonyl (C=O) groups is 1. The molecule has 0 radical (unpaired) electrons. The highest BCUT2D eigenvalue weighted by Gasteiger charge is 2.16. The summed E-state index contributed by atoms with van der Waals surface area (Å²) in [5.41, 5.74) is 0.564. The van der Waals surface area contributed by atoms with Crippen molar-refractivity contribution >= 4 is 27.7 Å². The Morgan fingerprint density at radius 2 is 2.30 bits per heavy atom. The molecule has 2 aromatic rings. The molecule has 0 bridgehead atoms. The number of carbonyl (C=O) groups excluding carboxylic acids is 1. The molecular formula is C13H12BrN5O. The summed E-state index contributed by atoms with van der Waals surface area (Å²) in [6, 6.07) is 5.56. The smallest absolute Gasteiger partial charge is 0.276 e. The molecular weight excluding hydrogens is 322 g/mol. The fourth-order valence-electron chi connectivity index (χ4n) is 1.55. The molecule has 0 aliphatic heterocycles. The second-order valence-corrected chi connectivity index (χ2v) is 5.22. The number of nitrogens with zero attached hydrogens (tertiary/aromatic N) is 4. The third-order valence-corrected chi connectivity index (χ3v) is 3.23. The van der Waals surface area contributed by atoms with Gasteiger partial charge in [0.1, 0.15) is 17.3 Å². The van der Waals surface area contributed by atoms with Crippen LogP contribution in [0, 0.1) is 11.3 Å². The summed E-state index contributed by atoms with van der Waals surface area (Å²) in [5.74, 6) is -0.174. The number of hydrogen-bond acceptors (Lipinski definition) is 4. The van der Waals surface area contributed by atoms with E-state index in [2.05, 4.69) is 31.3 Å². The van der Waals surface area contributed by atoms with E-state index in [9.17, 15) is 4.79 Å². The van der Waals surface area contributed by atoms with Crippen LogP contribution in [0.1, 0.15) is 35.9 Å². The Balaban J connectivity index is 2.29. The number of halogens is 1. The third kappa shape index (κ3) is 2.86. The van der Waals surface area contributed by atoms with Crippen LogP contribution in [-0.4, -0.2) is 20.7 Å². The summed E-state index contributed by atoms with van der Waals surface area (Å²) >= 11 is 3.26. The molecule has 0 spiro atoms. The first kappa shape index (κ1) is 14.2. The van der Waals surface area contributed by atoms with Gasteiger partial charge >= 0.3 is 0 Å². The second-order valence-electron chi connectivity index (χ2n) is 4.36. The lowest BCUT2D eigenvalue weighted by atomic mass is 10.3. The molecule has 0 atom stereocenters. The van der Waals surface area contributed by atoms with E-state index >= 15 is 0 Å². The fourth-order valence-corrected chi connectivity index (χ4v) is 1.98. The van der Waals surface area contributed by atoms with E-state index in [1.807, 2.05) is 19.9 Å². The summed E-state index contributed by atoms with van der Waals surface area (Å²) in [7, 11) is 0. The minimum absolute atomic E-state index is 0.106. The molecule has 0 unspecified atom stereocenters. The molecule has 1 N–H and O–H groups in total. The number of pyridine rings is 1. The Morgan fingerprint density at radius 1 is 1.55 bits per heavy atom. The molecule has 7 heteroatoms. The van der Waals surface area contributed by atoms with Gasteiger partial charge in [-0.25, -0.2) is 4.98 Å². The van der Waals surface area contributed by atoms with Gasteiger partial charge in [0.25, 0.3) is 5.91 Å². The summed E-state index contributed by atoms with van der Waals surface area (Å²) in [6.45, 7) is 3.88. The number of hydrogen-bond donors (Lipinski definition) is 1. The lowest BCUT2D eigenvalue weighted by Gasteiger charge is -2.05.